The number of anilines is 1. The molecule has 0 spiro atoms. The maximum Gasteiger partial charge on any atom is 0.295 e. The van der Waals surface area contributed by atoms with Crippen molar-refractivity contribution in [1.29, 1.82) is 0 Å². The lowest BCUT2D eigenvalue weighted by Gasteiger charge is -2.23. The van der Waals surface area contributed by atoms with Crippen molar-refractivity contribution < 1.29 is 17.9 Å². The molecule has 0 radical (unpaired) electrons. The Morgan fingerprint density at radius 2 is 1.76 bits per heavy atom. The zero-order valence-electron chi connectivity index (χ0n) is 18.7. The van der Waals surface area contributed by atoms with E-state index in [2.05, 4.69) is 5.32 Å². The number of nitrogens with one attached hydrogen (secondary N) is 1. The van der Waals surface area contributed by atoms with Gasteiger partial charge in [-0.1, -0.05) is 18.2 Å². The average molecular weight is 471 g/mol. The van der Waals surface area contributed by atoms with Crippen molar-refractivity contribution in [2.75, 3.05) is 19.0 Å². The van der Waals surface area contributed by atoms with Gasteiger partial charge in [-0.15, -0.1) is 0 Å². The second kappa shape index (κ2) is 8.87. The molecule has 1 saturated heterocycles. The van der Waals surface area contributed by atoms with Crippen LogP contribution in [0.3, 0.4) is 0 Å². The predicted octanol–water partition coefficient (Wildman–Crippen LogP) is 2.28. The summed E-state index contributed by atoms with van der Waals surface area (Å²) in [5.41, 5.74) is 0.995. The van der Waals surface area contributed by atoms with Gasteiger partial charge in [0.1, 0.15) is 17.5 Å². The van der Waals surface area contributed by atoms with E-state index in [1.54, 1.807) is 42.9 Å². The van der Waals surface area contributed by atoms with Crippen molar-refractivity contribution in [3.63, 3.8) is 0 Å². The van der Waals surface area contributed by atoms with E-state index in [1.807, 2.05) is 18.2 Å². The Morgan fingerprint density at radius 1 is 1.09 bits per heavy atom. The summed E-state index contributed by atoms with van der Waals surface area (Å²) in [6.07, 6.45) is 0.926. The number of sulfonamides is 1. The summed E-state index contributed by atoms with van der Waals surface area (Å²) in [6.45, 7) is 1.96. The number of rotatable bonds is 6. The van der Waals surface area contributed by atoms with Gasteiger partial charge < -0.3 is 10.1 Å². The number of methoxy groups -OCH3 is 1. The molecule has 0 bridgehead atoms. The van der Waals surface area contributed by atoms with Gasteiger partial charge in [-0.2, -0.15) is 4.31 Å². The molecule has 1 aliphatic heterocycles. The highest BCUT2D eigenvalue weighted by molar-refractivity contribution is 7.89. The fourth-order valence-corrected chi connectivity index (χ4v) is 5.75. The molecule has 33 heavy (non-hydrogen) atoms. The van der Waals surface area contributed by atoms with Crippen LogP contribution in [0.25, 0.3) is 5.69 Å². The molecule has 1 amide bonds. The minimum absolute atomic E-state index is 0.0883. The first-order valence-corrected chi connectivity index (χ1v) is 12.0. The summed E-state index contributed by atoms with van der Waals surface area (Å²) >= 11 is 0. The first kappa shape index (κ1) is 22.8. The molecule has 1 aliphatic rings. The SMILES string of the molecule is COc1ccc(S(=O)(=O)N2CCCC2C(=O)Nc2c(C)n(C)n(-c3ccccc3)c2=O)cc1. The van der Waals surface area contributed by atoms with Gasteiger partial charge in [-0.05, 0) is 56.2 Å². The van der Waals surface area contributed by atoms with E-state index in [0.717, 1.165) is 0 Å². The summed E-state index contributed by atoms with van der Waals surface area (Å²) in [6, 6.07) is 14.2. The highest BCUT2D eigenvalue weighted by Crippen LogP contribution is 2.28. The maximum atomic E-state index is 13.2. The number of hydrogen-bond acceptors (Lipinski definition) is 5. The van der Waals surface area contributed by atoms with E-state index in [1.165, 1.54) is 28.2 Å². The predicted molar refractivity (Wildman–Crippen MR) is 124 cm³/mol. The monoisotopic (exact) mass is 470 g/mol. The number of nitrogens with zero attached hydrogens (tertiary/aromatic N) is 3. The number of amides is 1. The Labute approximate surface area is 192 Å². The molecule has 10 heteroatoms. The second-order valence-corrected chi connectivity index (χ2v) is 9.77. The number of hydrogen-bond donors (Lipinski definition) is 1. The van der Waals surface area contributed by atoms with Gasteiger partial charge in [0, 0.05) is 13.6 Å². The zero-order valence-corrected chi connectivity index (χ0v) is 19.5. The fraction of sp³-hybridized carbons (Fsp3) is 0.304. The number of aromatic nitrogens is 2. The van der Waals surface area contributed by atoms with E-state index in [0.29, 0.717) is 30.0 Å². The molecule has 2 aromatic carbocycles. The molecule has 0 saturated carbocycles. The first-order chi connectivity index (χ1) is 15.8. The third-order valence-electron chi connectivity index (χ3n) is 5.97. The van der Waals surface area contributed by atoms with Crippen LogP contribution in [0.2, 0.25) is 0 Å². The smallest absolute Gasteiger partial charge is 0.295 e. The van der Waals surface area contributed by atoms with Crippen LogP contribution in [0.1, 0.15) is 18.5 Å². The van der Waals surface area contributed by atoms with Crippen LogP contribution in [0, 0.1) is 6.92 Å². The summed E-state index contributed by atoms with van der Waals surface area (Å²) in [7, 11) is -0.655. The molecule has 1 unspecified atom stereocenters. The summed E-state index contributed by atoms with van der Waals surface area (Å²) in [4.78, 5) is 26.4. The lowest BCUT2D eigenvalue weighted by molar-refractivity contribution is -0.119. The molecule has 3 aromatic rings. The molecular weight excluding hydrogens is 444 g/mol. The van der Waals surface area contributed by atoms with Crippen LogP contribution >= 0.6 is 0 Å². The van der Waals surface area contributed by atoms with Crippen LogP contribution < -0.4 is 15.6 Å². The third kappa shape index (κ3) is 4.07. The fourth-order valence-electron chi connectivity index (χ4n) is 4.09. The van der Waals surface area contributed by atoms with Gasteiger partial charge in [0.2, 0.25) is 15.9 Å². The molecular formula is C23H26N4O5S. The van der Waals surface area contributed by atoms with Gasteiger partial charge in [0.15, 0.2) is 0 Å². The summed E-state index contributed by atoms with van der Waals surface area (Å²) in [5, 5.41) is 2.70. The van der Waals surface area contributed by atoms with Gasteiger partial charge >= 0.3 is 0 Å². The largest absolute Gasteiger partial charge is 0.497 e. The standard InChI is InChI=1S/C23H26N4O5S/c1-16-21(23(29)27(25(16)2)17-8-5-4-6-9-17)24-22(28)20-10-7-15-26(20)33(30,31)19-13-11-18(32-3)12-14-19/h4-6,8-9,11-14,20H,7,10,15H2,1-3H3,(H,24,28). The van der Waals surface area contributed by atoms with Crippen molar-refractivity contribution in [1.82, 2.24) is 13.7 Å². The van der Waals surface area contributed by atoms with Crippen molar-refractivity contribution in [3.05, 3.63) is 70.6 Å². The Balaban J connectivity index is 1.62. The highest BCUT2D eigenvalue weighted by Gasteiger charge is 2.40. The van der Waals surface area contributed by atoms with Crippen molar-refractivity contribution in [3.8, 4) is 11.4 Å². The number of carbonyl (C=O) groups excluding carboxylic acids is 1. The molecule has 0 aliphatic carbocycles. The minimum Gasteiger partial charge on any atom is -0.497 e. The third-order valence-corrected chi connectivity index (χ3v) is 7.90. The van der Waals surface area contributed by atoms with Gasteiger partial charge in [-0.25, -0.2) is 13.1 Å². The first-order valence-electron chi connectivity index (χ1n) is 10.6. The molecule has 174 valence electrons. The Kier molecular flexibility index (Phi) is 6.13. The molecule has 1 N–H and O–H groups in total. The number of benzene rings is 2. The van der Waals surface area contributed by atoms with Crippen LogP contribution in [0.4, 0.5) is 5.69 Å². The van der Waals surface area contributed by atoms with Crippen LogP contribution in [0.15, 0.2) is 64.3 Å². The molecule has 1 fully saturated rings. The second-order valence-electron chi connectivity index (χ2n) is 7.88. The van der Waals surface area contributed by atoms with Gasteiger partial charge in [0.25, 0.3) is 5.56 Å². The number of para-hydroxylation sites is 1. The summed E-state index contributed by atoms with van der Waals surface area (Å²) < 4.78 is 35.9. The molecule has 1 aromatic heterocycles. The van der Waals surface area contributed by atoms with Gasteiger partial charge in [-0.3, -0.25) is 14.3 Å². The van der Waals surface area contributed by atoms with E-state index in [-0.39, 0.29) is 22.7 Å². The van der Waals surface area contributed by atoms with Crippen LogP contribution in [0.5, 0.6) is 5.75 Å². The van der Waals surface area contributed by atoms with Crippen LogP contribution in [-0.4, -0.2) is 47.7 Å². The Bertz CT molecular complexity index is 1330. The topological polar surface area (TPSA) is 103 Å². The molecule has 4 rings (SSSR count). The van der Waals surface area contributed by atoms with E-state index < -0.39 is 22.0 Å². The van der Waals surface area contributed by atoms with E-state index in [9.17, 15) is 18.0 Å². The zero-order chi connectivity index (χ0) is 23.8. The quantitative estimate of drug-likeness (QED) is 0.596. The Morgan fingerprint density at radius 3 is 2.39 bits per heavy atom. The molecule has 9 nitrogen and oxygen atoms in total. The van der Waals surface area contributed by atoms with Crippen molar-refractivity contribution in [2.24, 2.45) is 7.05 Å². The maximum absolute atomic E-state index is 13.2. The lowest BCUT2D eigenvalue weighted by Crippen LogP contribution is -2.43. The Hall–Kier alpha value is -3.37. The van der Waals surface area contributed by atoms with Crippen LogP contribution in [-0.2, 0) is 21.9 Å². The normalized spacial score (nSPS) is 16.6. The van der Waals surface area contributed by atoms with Gasteiger partial charge in [0.05, 0.1) is 23.4 Å². The number of ether oxygens (including phenoxy) is 1. The van der Waals surface area contributed by atoms with E-state index >= 15 is 0 Å². The van der Waals surface area contributed by atoms with Crippen molar-refractivity contribution in [2.45, 2.75) is 30.7 Å². The van der Waals surface area contributed by atoms with Crippen molar-refractivity contribution >= 4 is 21.6 Å². The minimum atomic E-state index is -3.89. The number of carbonyl (C=O) groups is 1. The average Bonchev–Trinajstić information content (AvgIpc) is 3.40. The lowest BCUT2D eigenvalue weighted by atomic mass is 10.2. The summed E-state index contributed by atoms with van der Waals surface area (Å²) in [5.74, 6) is 0.0227. The van der Waals surface area contributed by atoms with E-state index in [4.69, 9.17) is 4.74 Å². The molecule has 2 heterocycles. The molecule has 1 atom stereocenters. The highest BCUT2D eigenvalue weighted by atomic mass is 32.2.